The number of esters is 1. The van der Waals surface area contributed by atoms with E-state index in [0.717, 1.165) is 5.56 Å². The van der Waals surface area contributed by atoms with Crippen molar-refractivity contribution in [1.82, 2.24) is 0 Å². The van der Waals surface area contributed by atoms with Gasteiger partial charge in [0.2, 0.25) is 0 Å². The number of ketones is 1. The van der Waals surface area contributed by atoms with Crippen LogP contribution in [0.4, 0.5) is 0 Å². The molecule has 1 saturated carbocycles. The molecule has 4 heteroatoms. The standard InChI is InChI=1S/C16H17NO3/c1-11-7-8-16(14(11)18,15(19)20-2)9-12-3-5-13(10-17)6-4-12/h3-6,11H,7-9H2,1-2H3. The summed E-state index contributed by atoms with van der Waals surface area (Å²) < 4.78 is 4.86. The van der Waals surface area contributed by atoms with E-state index in [1.54, 1.807) is 24.3 Å². The third kappa shape index (κ3) is 2.32. The molecule has 2 unspecified atom stereocenters. The van der Waals surface area contributed by atoms with Gasteiger partial charge in [0.1, 0.15) is 5.41 Å². The summed E-state index contributed by atoms with van der Waals surface area (Å²) in [5.41, 5.74) is 0.381. The minimum absolute atomic E-state index is 0.0336. The molecule has 0 saturated heterocycles. The number of nitriles is 1. The van der Waals surface area contributed by atoms with Gasteiger partial charge in [-0.2, -0.15) is 5.26 Å². The molecule has 2 rings (SSSR count). The van der Waals surface area contributed by atoms with Crippen molar-refractivity contribution in [3.8, 4) is 6.07 Å². The molecule has 0 heterocycles. The van der Waals surface area contributed by atoms with Crippen molar-refractivity contribution in [2.75, 3.05) is 7.11 Å². The molecule has 0 radical (unpaired) electrons. The Hall–Kier alpha value is -2.15. The van der Waals surface area contributed by atoms with Crippen molar-refractivity contribution in [2.45, 2.75) is 26.2 Å². The first-order valence-electron chi connectivity index (χ1n) is 6.65. The summed E-state index contributed by atoms with van der Waals surface area (Å²) in [4.78, 5) is 24.5. The molecular formula is C16H17NO3. The number of carbonyl (C=O) groups is 2. The molecule has 0 spiro atoms. The number of hydrogen-bond acceptors (Lipinski definition) is 4. The van der Waals surface area contributed by atoms with Crippen molar-refractivity contribution in [3.05, 3.63) is 35.4 Å². The van der Waals surface area contributed by atoms with E-state index in [-0.39, 0.29) is 11.7 Å². The zero-order valence-corrected chi connectivity index (χ0v) is 11.7. The fourth-order valence-corrected chi connectivity index (χ4v) is 2.88. The average Bonchev–Trinajstić information content (AvgIpc) is 2.76. The molecular weight excluding hydrogens is 254 g/mol. The topological polar surface area (TPSA) is 67.2 Å². The first-order valence-corrected chi connectivity index (χ1v) is 6.65. The number of hydrogen-bond donors (Lipinski definition) is 0. The third-order valence-corrected chi connectivity index (χ3v) is 4.09. The predicted molar refractivity (Wildman–Crippen MR) is 72.7 cm³/mol. The Morgan fingerprint density at radius 1 is 1.45 bits per heavy atom. The van der Waals surface area contributed by atoms with Crippen molar-refractivity contribution < 1.29 is 14.3 Å². The fraction of sp³-hybridized carbons (Fsp3) is 0.438. The van der Waals surface area contributed by atoms with E-state index in [1.165, 1.54) is 7.11 Å². The van der Waals surface area contributed by atoms with Gasteiger partial charge in [-0.3, -0.25) is 9.59 Å². The van der Waals surface area contributed by atoms with Crippen LogP contribution in [0.3, 0.4) is 0 Å². The van der Waals surface area contributed by atoms with Crippen LogP contribution in [0.2, 0.25) is 0 Å². The number of ether oxygens (including phenoxy) is 1. The van der Waals surface area contributed by atoms with Crippen molar-refractivity contribution in [1.29, 1.82) is 5.26 Å². The zero-order chi connectivity index (χ0) is 14.8. The van der Waals surface area contributed by atoms with Gasteiger partial charge in [0.25, 0.3) is 0 Å². The maximum Gasteiger partial charge on any atom is 0.319 e. The normalized spacial score (nSPS) is 25.2. The second-order valence-electron chi connectivity index (χ2n) is 5.36. The lowest BCUT2D eigenvalue weighted by molar-refractivity contribution is -0.157. The summed E-state index contributed by atoms with van der Waals surface area (Å²) in [5.74, 6) is -0.586. The minimum Gasteiger partial charge on any atom is -0.468 e. The van der Waals surface area contributed by atoms with Crippen LogP contribution < -0.4 is 0 Å². The van der Waals surface area contributed by atoms with Gasteiger partial charge < -0.3 is 4.74 Å². The molecule has 2 atom stereocenters. The fourth-order valence-electron chi connectivity index (χ4n) is 2.88. The number of rotatable bonds is 3. The van der Waals surface area contributed by atoms with E-state index in [4.69, 9.17) is 10.00 Å². The van der Waals surface area contributed by atoms with E-state index in [1.807, 2.05) is 13.0 Å². The SMILES string of the molecule is COC(=O)C1(Cc2ccc(C#N)cc2)CCC(C)C1=O. The van der Waals surface area contributed by atoms with Gasteiger partial charge in [-0.05, 0) is 37.0 Å². The first-order chi connectivity index (χ1) is 9.53. The molecule has 4 nitrogen and oxygen atoms in total. The smallest absolute Gasteiger partial charge is 0.319 e. The summed E-state index contributed by atoms with van der Waals surface area (Å²) in [6.07, 6.45) is 1.58. The van der Waals surface area contributed by atoms with Crippen LogP contribution in [-0.4, -0.2) is 18.9 Å². The van der Waals surface area contributed by atoms with Crippen molar-refractivity contribution in [2.24, 2.45) is 11.3 Å². The maximum atomic E-state index is 12.4. The average molecular weight is 271 g/mol. The largest absolute Gasteiger partial charge is 0.468 e. The number of carbonyl (C=O) groups excluding carboxylic acids is 2. The molecule has 20 heavy (non-hydrogen) atoms. The molecule has 0 N–H and O–H groups in total. The Balaban J connectivity index is 2.32. The monoisotopic (exact) mass is 271 g/mol. The molecule has 0 aliphatic heterocycles. The number of benzene rings is 1. The highest BCUT2D eigenvalue weighted by atomic mass is 16.5. The highest BCUT2D eigenvalue weighted by molar-refractivity contribution is 6.06. The summed E-state index contributed by atoms with van der Waals surface area (Å²) in [7, 11) is 1.32. The van der Waals surface area contributed by atoms with Gasteiger partial charge >= 0.3 is 5.97 Å². The summed E-state index contributed by atoms with van der Waals surface area (Å²) in [6, 6.07) is 9.03. The Kier molecular flexibility index (Phi) is 3.89. The van der Waals surface area contributed by atoms with Gasteiger partial charge in [0, 0.05) is 5.92 Å². The molecule has 0 bridgehead atoms. The van der Waals surface area contributed by atoms with E-state index in [2.05, 4.69) is 0 Å². The summed E-state index contributed by atoms with van der Waals surface area (Å²) in [6.45, 7) is 1.85. The van der Waals surface area contributed by atoms with Crippen LogP contribution in [0.15, 0.2) is 24.3 Å². The predicted octanol–water partition coefficient (Wildman–Crippen LogP) is 2.26. The molecule has 104 valence electrons. The second kappa shape index (κ2) is 5.46. The van der Waals surface area contributed by atoms with Crippen LogP contribution in [0.25, 0.3) is 0 Å². The van der Waals surface area contributed by atoms with E-state index < -0.39 is 11.4 Å². The summed E-state index contributed by atoms with van der Waals surface area (Å²) in [5, 5.41) is 8.79. The van der Waals surface area contributed by atoms with E-state index in [0.29, 0.717) is 24.8 Å². The Labute approximate surface area is 118 Å². The number of nitrogens with zero attached hydrogens (tertiary/aromatic N) is 1. The molecule has 1 fully saturated rings. The van der Waals surface area contributed by atoms with E-state index >= 15 is 0 Å². The van der Waals surface area contributed by atoms with Crippen LogP contribution in [-0.2, 0) is 20.7 Å². The molecule has 1 aromatic carbocycles. The van der Waals surface area contributed by atoms with Crippen molar-refractivity contribution in [3.63, 3.8) is 0 Å². The lowest BCUT2D eigenvalue weighted by Gasteiger charge is -2.24. The molecule has 0 amide bonds. The lowest BCUT2D eigenvalue weighted by atomic mass is 9.78. The maximum absolute atomic E-state index is 12.4. The highest BCUT2D eigenvalue weighted by Crippen LogP contribution is 2.42. The minimum atomic E-state index is -1.05. The van der Waals surface area contributed by atoms with Crippen LogP contribution in [0.1, 0.15) is 30.9 Å². The Morgan fingerprint density at radius 3 is 2.55 bits per heavy atom. The van der Waals surface area contributed by atoms with Crippen LogP contribution in [0.5, 0.6) is 0 Å². The number of Topliss-reactive ketones (excluding diaryl/α,β-unsaturated/α-hetero) is 1. The Bertz CT molecular complexity index is 570. The van der Waals surface area contributed by atoms with Crippen LogP contribution >= 0.6 is 0 Å². The van der Waals surface area contributed by atoms with Gasteiger partial charge in [-0.1, -0.05) is 19.1 Å². The van der Waals surface area contributed by atoms with Gasteiger partial charge in [-0.15, -0.1) is 0 Å². The van der Waals surface area contributed by atoms with Gasteiger partial charge in [0.05, 0.1) is 18.7 Å². The van der Waals surface area contributed by atoms with E-state index in [9.17, 15) is 9.59 Å². The number of methoxy groups -OCH3 is 1. The third-order valence-electron chi connectivity index (χ3n) is 4.09. The molecule has 1 aliphatic rings. The lowest BCUT2D eigenvalue weighted by Crippen LogP contribution is -2.39. The molecule has 0 aromatic heterocycles. The zero-order valence-electron chi connectivity index (χ0n) is 11.7. The second-order valence-corrected chi connectivity index (χ2v) is 5.36. The highest BCUT2D eigenvalue weighted by Gasteiger charge is 2.52. The quantitative estimate of drug-likeness (QED) is 0.624. The van der Waals surface area contributed by atoms with Gasteiger partial charge in [0.15, 0.2) is 5.78 Å². The van der Waals surface area contributed by atoms with Crippen molar-refractivity contribution >= 4 is 11.8 Å². The Morgan fingerprint density at radius 2 is 2.10 bits per heavy atom. The van der Waals surface area contributed by atoms with Crippen LogP contribution in [0, 0.1) is 22.7 Å². The molecule has 1 aliphatic carbocycles. The first kappa shape index (κ1) is 14.3. The molecule has 1 aromatic rings. The summed E-state index contributed by atoms with van der Waals surface area (Å²) >= 11 is 0. The van der Waals surface area contributed by atoms with Gasteiger partial charge in [-0.25, -0.2) is 0 Å².